The molecular weight excluding hydrogens is 355 g/mol. The van der Waals surface area contributed by atoms with E-state index in [4.69, 9.17) is 10.00 Å². The Balaban J connectivity index is 1.67. The third kappa shape index (κ3) is 3.87. The number of amides is 1. The fourth-order valence-corrected chi connectivity index (χ4v) is 3.22. The largest absolute Gasteiger partial charge is 0.448 e. The quantitative estimate of drug-likeness (QED) is 0.703. The van der Waals surface area contributed by atoms with Crippen LogP contribution in [0.25, 0.3) is 10.1 Å². The van der Waals surface area contributed by atoms with Crippen LogP contribution in [-0.2, 0) is 9.53 Å². The van der Waals surface area contributed by atoms with E-state index in [9.17, 15) is 14.0 Å². The number of esters is 1. The van der Waals surface area contributed by atoms with E-state index in [1.54, 1.807) is 24.3 Å². The summed E-state index contributed by atoms with van der Waals surface area (Å²) in [5.41, 5.74) is 0.847. The lowest BCUT2D eigenvalue weighted by atomic mass is 10.2. The van der Waals surface area contributed by atoms with Crippen molar-refractivity contribution in [1.29, 1.82) is 5.26 Å². The molecule has 1 atom stereocenters. The monoisotopic (exact) mass is 368 g/mol. The van der Waals surface area contributed by atoms with Gasteiger partial charge in [0, 0.05) is 10.4 Å². The molecule has 2 aromatic carbocycles. The molecule has 0 spiro atoms. The predicted molar refractivity (Wildman–Crippen MR) is 96.4 cm³/mol. The number of hydrogen-bond donors (Lipinski definition) is 1. The van der Waals surface area contributed by atoms with Crippen LogP contribution in [-0.4, -0.2) is 18.0 Å². The smallest absolute Gasteiger partial charge is 0.349 e. The number of halogens is 1. The molecule has 0 unspecified atom stereocenters. The molecule has 0 aliphatic carbocycles. The lowest BCUT2D eigenvalue weighted by Crippen LogP contribution is -2.29. The molecule has 7 heteroatoms. The van der Waals surface area contributed by atoms with Crippen molar-refractivity contribution >= 4 is 39.0 Å². The molecule has 130 valence electrons. The zero-order valence-electron chi connectivity index (χ0n) is 13.7. The molecule has 1 aromatic heterocycles. The highest BCUT2D eigenvalue weighted by Crippen LogP contribution is 2.27. The molecule has 0 radical (unpaired) electrons. The van der Waals surface area contributed by atoms with Crippen molar-refractivity contribution in [3.63, 3.8) is 0 Å². The number of anilines is 1. The maximum atomic E-state index is 13.2. The summed E-state index contributed by atoms with van der Waals surface area (Å²) in [6, 6.07) is 14.2. The molecule has 3 rings (SSSR count). The van der Waals surface area contributed by atoms with Crippen LogP contribution in [0.2, 0.25) is 0 Å². The molecule has 0 aliphatic rings. The van der Waals surface area contributed by atoms with Crippen LogP contribution < -0.4 is 5.32 Å². The van der Waals surface area contributed by atoms with E-state index in [1.807, 2.05) is 6.07 Å². The Morgan fingerprint density at radius 2 is 2.04 bits per heavy atom. The normalized spacial score (nSPS) is 11.6. The summed E-state index contributed by atoms with van der Waals surface area (Å²) in [6.45, 7) is 1.45. The van der Waals surface area contributed by atoms with Crippen LogP contribution in [0.3, 0.4) is 0 Å². The number of nitrogens with zero attached hydrogens (tertiary/aromatic N) is 1. The second-order valence-corrected chi connectivity index (χ2v) is 6.61. The fraction of sp³-hybridized carbons (Fsp3) is 0.105. The summed E-state index contributed by atoms with van der Waals surface area (Å²) in [5, 5.41) is 12.1. The van der Waals surface area contributed by atoms with Gasteiger partial charge in [-0.25, -0.2) is 9.18 Å². The Kier molecular flexibility index (Phi) is 4.96. The molecule has 1 N–H and O–H groups in total. The predicted octanol–water partition coefficient (Wildman–Crippen LogP) is 4.10. The first kappa shape index (κ1) is 17.6. The second-order valence-electron chi connectivity index (χ2n) is 5.52. The van der Waals surface area contributed by atoms with Gasteiger partial charge in [0.2, 0.25) is 0 Å². The highest BCUT2D eigenvalue weighted by Gasteiger charge is 2.20. The minimum Gasteiger partial charge on any atom is -0.448 e. The molecule has 0 saturated heterocycles. The minimum absolute atomic E-state index is 0.289. The van der Waals surface area contributed by atoms with Gasteiger partial charge in [-0.05, 0) is 54.8 Å². The fourth-order valence-electron chi connectivity index (χ4n) is 2.30. The summed E-state index contributed by atoms with van der Waals surface area (Å²) in [6.07, 6.45) is -1.03. The molecular formula is C19H13FN2O3S. The Bertz CT molecular complexity index is 1040. The Hall–Kier alpha value is -3.24. The van der Waals surface area contributed by atoms with Crippen LogP contribution >= 0.6 is 11.3 Å². The zero-order valence-corrected chi connectivity index (χ0v) is 14.5. The highest BCUT2D eigenvalue weighted by molar-refractivity contribution is 7.20. The maximum Gasteiger partial charge on any atom is 0.349 e. The molecule has 1 amide bonds. The van der Waals surface area contributed by atoms with Crippen molar-refractivity contribution in [2.45, 2.75) is 13.0 Å². The SMILES string of the molecule is C[C@@H](OC(=O)c1cc2cc(F)ccc2s1)C(=O)Nc1cccc(C#N)c1. The van der Waals surface area contributed by atoms with Gasteiger partial charge in [0.05, 0.1) is 11.6 Å². The van der Waals surface area contributed by atoms with Crippen molar-refractivity contribution in [3.05, 3.63) is 64.8 Å². The van der Waals surface area contributed by atoms with E-state index in [0.717, 1.165) is 4.70 Å². The van der Waals surface area contributed by atoms with Crippen molar-refractivity contribution in [2.75, 3.05) is 5.32 Å². The van der Waals surface area contributed by atoms with E-state index in [1.165, 1.54) is 42.5 Å². The van der Waals surface area contributed by atoms with Crippen molar-refractivity contribution < 1.29 is 18.7 Å². The summed E-state index contributed by atoms with van der Waals surface area (Å²) >= 11 is 1.17. The maximum absolute atomic E-state index is 13.2. The van der Waals surface area contributed by atoms with Crippen LogP contribution in [0.4, 0.5) is 10.1 Å². The molecule has 26 heavy (non-hydrogen) atoms. The number of thiophene rings is 1. The lowest BCUT2D eigenvalue weighted by Gasteiger charge is -2.13. The minimum atomic E-state index is -1.03. The van der Waals surface area contributed by atoms with Crippen LogP contribution in [0, 0.1) is 17.1 Å². The molecule has 0 fully saturated rings. The lowest BCUT2D eigenvalue weighted by molar-refractivity contribution is -0.123. The number of carbonyl (C=O) groups excluding carboxylic acids is 2. The van der Waals surface area contributed by atoms with E-state index in [2.05, 4.69) is 5.32 Å². The van der Waals surface area contributed by atoms with Gasteiger partial charge in [-0.1, -0.05) is 6.07 Å². The van der Waals surface area contributed by atoms with Crippen molar-refractivity contribution in [2.24, 2.45) is 0 Å². The van der Waals surface area contributed by atoms with E-state index >= 15 is 0 Å². The number of hydrogen-bond acceptors (Lipinski definition) is 5. The Labute approximate surface area is 152 Å². The van der Waals surface area contributed by atoms with Gasteiger partial charge >= 0.3 is 5.97 Å². The van der Waals surface area contributed by atoms with Crippen LogP contribution in [0.15, 0.2) is 48.5 Å². The van der Waals surface area contributed by atoms with E-state index in [-0.39, 0.29) is 10.7 Å². The summed E-state index contributed by atoms with van der Waals surface area (Å²) in [7, 11) is 0. The van der Waals surface area contributed by atoms with Crippen molar-refractivity contribution in [1.82, 2.24) is 0 Å². The average molecular weight is 368 g/mol. The standard InChI is InChI=1S/C19H13FN2O3S/c1-11(18(23)22-15-4-2-3-12(7-15)10-21)25-19(24)17-9-13-8-14(20)5-6-16(13)26-17/h2-9,11H,1H3,(H,22,23)/t11-/m1/s1. The van der Waals surface area contributed by atoms with Gasteiger partial charge in [-0.3, -0.25) is 4.79 Å². The molecule has 5 nitrogen and oxygen atoms in total. The second kappa shape index (κ2) is 7.33. The number of nitriles is 1. The number of nitrogens with one attached hydrogen (secondary N) is 1. The number of fused-ring (bicyclic) bond motifs is 1. The Morgan fingerprint density at radius 3 is 2.81 bits per heavy atom. The van der Waals surface area contributed by atoms with Gasteiger partial charge in [0.25, 0.3) is 5.91 Å². The topological polar surface area (TPSA) is 79.2 Å². The van der Waals surface area contributed by atoms with Gasteiger partial charge in [0.1, 0.15) is 10.7 Å². The summed E-state index contributed by atoms with van der Waals surface area (Å²) < 4.78 is 19.2. The first-order chi connectivity index (χ1) is 12.5. The van der Waals surface area contributed by atoms with Gasteiger partial charge < -0.3 is 10.1 Å². The zero-order chi connectivity index (χ0) is 18.7. The first-order valence-electron chi connectivity index (χ1n) is 7.67. The number of benzene rings is 2. The van der Waals surface area contributed by atoms with Gasteiger partial charge in [-0.2, -0.15) is 5.26 Å². The Morgan fingerprint density at radius 1 is 1.23 bits per heavy atom. The third-order valence-corrected chi connectivity index (χ3v) is 4.69. The third-order valence-electron chi connectivity index (χ3n) is 3.59. The number of carbonyl (C=O) groups is 2. The van der Waals surface area contributed by atoms with Crippen LogP contribution in [0.5, 0.6) is 0 Å². The van der Waals surface area contributed by atoms with E-state index in [0.29, 0.717) is 16.6 Å². The number of ether oxygens (including phenoxy) is 1. The molecule has 3 aromatic rings. The van der Waals surface area contributed by atoms with Crippen molar-refractivity contribution in [3.8, 4) is 6.07 Å². The summed E-state index contributed by atoms with van der Waals surface area (Å²) in [4.78, 5) is 24.7. The molecule has 0 saturated carbocycles. The number of rotatable bonds is 4. The molecule has 0 bridgehead atoms. The van der Waals surface area contributed by atoms with Gasteiger partial charge in [0.15, 0.2) is 6.10 Å². The summed E-state index contributed by atoms with van der Waals surface area (Å²) in [5.74, 6) is -1.55. The highest BCUT2D eigenvalue weighted by atomic mass is 32.1. The average Bonchev–Trinajstić information content (AvgIpc) is 3.05. The van der Waals surface area contributed by atoms with Crippen LogP contribution in [0.1, 0.15) is 22.2 Å². The first-order valence-corrected chi connectivity index (χ1v) is 8.49. The molecule has 1 heterocycles. The van der Waals surface area contributed by atoms with E-state index < -0.39 is 18.0 Å². The van der Waals surface area contributed by atoms with Gasteiger partial charge in [-0.15, -0.1) is 11.3 Å². The molecule has 0 aliphatic heterocycles.